The number of carbonyl (C=O) groups excluding carboxylic acids is 1. The monoisotopic (exact) mass is 257 g/mol. The van der Waals surface area contributed by atoms with E-state index in [1.54, 1.807) is 9.58 Å². The average Bonchev–Trinajstić information content (AvgIpc) is 2.77. The minimum absolute atomic E-state index is 0.0116. The maximum Gasteiger partial charge on any atom is 0.276 e. The molecule has 98 valence electrons. The largest absolute Gasteiger partial charge is 0.338 e. The number of benzene rings is 1. The molecule has 5 heteroatoms. The van der Waals surface area contributed by atoms with Gasteiger partial charge < -0.3 is 4.90 Å². The van der Waals surface area contributed by atoms with Crippen LogP contribution < -0.4 is 5.56 Å². The number of hydrogen-bond acceptors (Lipinski definition) is 2. The Morgan fingerprint density at radius 3 is 2.68 bits per heavy atom. The van der Waals surface area contributed by atoms with E-state index in [0.717, 1.165) is 11.4 Å². The third-order valence-electron chi connectivity index (χ3n) is 3.51. The Morgan fingerprint density at radius 1 is 1.26 bits per heavy atom. The van der Waals surface area contributed by atoms with E-state index < -0.39 is 0 Å². The van der Waals surface area contributed by atoms with Gasteiger partial charge in [0.1, 0.15) is 0 Å². The van der Waals surface area contributed by atoms with Gasteiger partial charge in [0.15, 0.2) is 0 Å². The third kappa shape index (κ3) is 1.97. The van der Waals surface area contributed by atoms with E-state index >= 15 is 0 Å². The van der Waals surface area contributed by atoms with Crippen LogP contribution in [0.15, 0.2) is 35.1 Å². The van der Waals surface area contributed by atoms with E-state index in [2.05, 4.69) is 5.10 Å². The molecule has 1 aromatic carbocycles. The predicted molar refractivity (Wildman–Crippen MR) is 71.2 cm³/mol. The van der Waals surface area contributed by atoms with Gasteiger partial charge in [-0.3, -0.25) is 14.7 Å². The Hall–Kier alpha value is -2.30. The van der Waals surface area contributed by atoms with Gasteiger partial charge in [-0.05, 0) is 12.1 Å². The van der Waals surface area contributed by atoms with Crippen molar-refractivity contribution in [3.63, 3.8) is 0 Å². The van der Waals surface area contributed by atoms with Crippen molar-refractivity contribution in [3.05, 3.63) is 51.9 Å². The molecule has 0 atom stereocenters. The fourth-order valence-electron chi connectivity index (χ4n) is 2.43. The molecule has 0 radical (unpaired) electrons. The van der Waals surface area contributed by atoms with E-state index in [4.69, 9.17) is 0 Å². The number of fused-ring (bicyclic) bond motifs is 1. The lowest BCUT2D eigenvalue weighted by molar-refractivity contribution is -0.129. The summed E-state index contributed by atoms with van der Waals surface area (Å²) in [6, 6.07) is 9.46. The van der Waals surface area contributed by atoms with Crippen LogP contribution in [0.5, 0.6) is 0 Å². The molecule has 1 aliphatic rings. The van der Waals surface area contributed by atoms with Gasteiger partial charge in [-0.2, -0.15) is 0 Å². The molecular weight excluding hydrogens is 242 g/mol. The molecule has 3 rings (SSSR count). The van der Waals surface area contributed by atoms with Gasteiger partial charge in [0.05, 0.1) is 17.8 Å². The molecule has 0 saturated carbocycles. The standard InChI is InChI=1S/C14H15N3O2/c1-10(18)16-8-7-13-12(9-16)14(19)17(15-13)11-5-3-2-4-6-11/h2-6,15H,7-9H2,1H3. The number of carbonyl (C=O) groups is 1. The zero-order valence-corrected chi connectivity index (χ0v) is 10.7. The molecule has 1 amide bonds. The molecule has 1 aromatic heterocycles. The highest BCUT2D eigenvalue weighted by Gasteiger charge is 2.24. The molecule has 1 N–H and O–H groups in total. The molecule has 2 heterocycles. The first-order valence-electron chi connectivity index (χ1n) is 6.30. The minimum Gasteiger partial charge on any atom is -0.338 e. The van der Waals surface area contributed by atoms with Crippen LogP contribution in [0.25, 0.3) is 5.69 Å². The lowest BCUT2D eigenvalue weighted by Gasteiger charge is -2.24. The predicted octanol–water partition coefficient (Wildman–Crippen LogP) is 1.07. The molecule has 2 aromatic rings. The van der Waals surface area contributed by atoms with Crippen LogP contribution in [0.3, 0.4) is 0 Å². The van der Waals surface area contributed by atoms with Crippen molar-refractivity contribution in [3.8, 4) is 5.69 Å². The Bertz CT molecular complexity index is 670. The van der Waals surface area contributed by atoms with E-state index in [0.29, 0.717) is 25.1 Å². The Morgan fingerprint density at radius 2 is 2.00 bits per heavy atom. The zero-order chi connectivity index (χ0) is 13.4. The maximum absolute atomic E-state index is 12.4. The van der Waals surface area contributed by atoms with E-state index in [1.165, 1.54) is 6.92 Å². The number of aromatic amines is 1. The van der Waals surface area contributed by atoms with E-state index in [-0.39, 0.29) is 11.5 Å². The van der Waals surface area contributed by atoms with Crippen molar-refractivity contribution < 1.29 is 4.79 Å². The van der Waals surface area contributed by atoms with Crippen LogP contribution in [0.2, 0.25) is 0 Å². The highest BCUT2D eigenvalue weighted by molar-refractivity contribution is 5.73. The average molecular weight is 257 g/mol. The quantitative estimate of drug-likeness (QED) is 0.830. The number of amides is 1. The summed E-state index contributed by atoms with van der Waals surface area (Å²) >= 11 is 0. The summed E-state index contributed by atoms with van der Waals surface area (Å²) in [4.78, 5) is 25.5. The van der Waals surface area contributed by atoms with Crippen molar-refractivity contribution in [2.24, 2.45) is 0 Å². The summed E-state index contributed by atoms with van der Waals surface area (Å²) in [5.41, 5.74) is 2.39. The molecule has 0 unspecified atom stereocenters. The van der Waals surface area contributed by atoms with Crippen LogP contribution in [-0.4, -0.2) is 27.1 Å². The van der Waals surface area contributed by atoms with Crippen LogP contribution >= 0.6 is 0 Å². The summed E-state index contributed by atoms with van der Waals surface area (Å²) in [5, 5.41) is 3.14. The van der Waals surface area contributed by atoms with Crippen LogP contribution in [0.4, 0.5) is 0 Å². The molecule has 5 nitrogen and oxygen atoms in total. The number of hydrogen-bond donors (Lipinski definition) is 1. The first kappa shape index (κ1) is 11.8. The van der Waals surface area contributed by atoms with Crippen LogP contribution in [0, 0.1) is 0 Å². The van der Waals surface area contributed by atoms with Crippen LogP contribution in [-0.2, 0) is 17.8 Å². The van der Waals surface area contributed by atoms with Gasteiger partial charge in [-0.15, -0.1) is 0 Å². The van der Waals surface area contributed by atoms with E-state index in [9.17, 15) is 9.59 Å². The minimum atomic E-state index is -0.0628. The summed E-state index contributed by atoms with van der Waals surface area (Å²) in [7, 11) is 0. The van der Waals surface area contributed by atoms with Gasteiger partial charge in [-0.25, -0.2) is 4.68 Å². The van der Waals surface area contributed by atoms with Crippen molar-refractivity contribution in [2.45, 2.75) is 19.9 Å². The second-order valence-corrected chi connectivity index (χ2v) is 4.74. The smallest absolute Gasteiger partial charge is 0.276 e. The van der Waals surface area contributed by atoms with Crippen LogP contribution in [0.1, 0.15) is 18.2 Å². The topological polar surface area (TPSA) is 58.1 Å². The molecule has 1 aliphatic heterocycles. The first-order valence-corrected chi connectivity index (χ1v) is 6.30. The highest BCUT2D eigenvalue weighted by Crippen LogP contribution is 2.15. The number of nitrogens with one attached hydrogen (secondary N) is 1. The number of H-pyrrole nitrogens is 1. The molecule has 0 saturated heterocycles. The highest BCUT2D eigenvalue weighted by atomic mass is 16.2. The summed E-state index contributed by atoms with van der Waals surface area (Å²) in [6.45, 7) is 2.60. The SMILES string of the molecule is CC(=O)N1CCc2[nH]n(-c3ccccc3)c(=O)c2C1. The van der Waals surface area contributed by atoms with Crippen molar-refractivity contribution >= 4 is 5.91 Å². The van der Waals surface area contributed by atoms with Gasteiger partial charge in [0.25, 0.3) is 5.56 Å². The van der Waals surface area contributed by atoms with Gasteiger partial charge in [-0.1, -0.05) is 18.2 Å². The molecule has 0 bridgehead atoms. The van der Waals surface area contributed by atoms with Crippen molar-refractivity contribution in [1.29, 1.82) is 0 Å². The maximum atomic E-state index is 12.4. The summed E-state index contributed by atoms with van der Waals surface area (Å²) in [5.74, 6) is 0.0116. The fraction of sp³-hybridized carbons (Fsp3) is 0.286. The number of aromatic nitrogens is 2. The molecule has 0 fully saturated rings. The second kappa shape index (κ2) is 4.42. The second-order valence-electron chi connectivity index (χ2n) is 4.74. The lowest BCUT2D eigenvalue weighted by Crippen LogP contribution is -2.36. The van der Waals surface area contributed by atoms with Gasteiger partial charge in [0, 0.05) is 25.6 Å². The number of nitrogens with zero attached hydrogens (tertiary/aromatic N) is 2. The van der Waals surface area contributed by atoms with Gasteiger partial charge in [0.2, 0.25) is 5.91 Å². The number of rotatable bonds is 1. The zero-order valence-electron chi connectivity index (χ0n) is 10.7. The number of para-hydroxylation sites is 1. The molecule has 0 aliphatic carbocycles. The Balaban J connectivity index is 2.04. The third-order valence-corrected chi connectivity index (χ3v) is 3.51. The first-order chi connectivity index (χ1) is 9.16. The summed E-state index contributed by atoms with van der Waals surface area (Å²) < 4.78 is 1.55. The fourth-order valence-corrected chi connectivity index (χ4v) is 2.43. The van der Waals surface area contributed by atoms with Gasteiger partial charge >= 0.3 is 0 Å². The Kier molecular flexibility index (Phi) is 2.74. The lowest BCUT2D eigenvalue weighted by atomic mass is 10.1. The normalized spacial score (nSPS) is 14.3. The van der Waals surface area contributed by atoms with E-state index in [1.807, 2.05) is 30.3 Å². The molecular formula is C14H15N3O2. The van der Waals surface area contributed by atoms with Crippen molar-refractivity contribution in [1.82, 2.24) is 14.7 Å². The summed E-state index contributed by atoms with van der Waals surface area (Å²) in [6.07, 6.45) is 0.698. The molecule has 0 spiro atoms. The molecule has 19 heavy (non-hydrogen) atoms. The Labute approximate surface area is 110 Å². The van der Waals surface area contributed by atoms with Crippen molar-refractivity contribution in [2.75, 3.05) is 6.54 Å².